The van der Waals surface area contributed by atoms with Gasteiger partial charge in [-0.05, 0) is 54.7 Å². The number of halogens is 2. The van der Waals surface area contributed by atoms with Crippen LogP contribution in [0.15, 0.2) is 12.1 Å². The van der Waals surface area contributed by atoms with E-state index in [1.54, 1.807) is 24.5 Å². The van der Waals surface area contributed by atoms with E-state index in [2.05, 4.69) is 4.98 Å². The second kappa shape index (κ2) is 5.06. The molecule has 2 aromatic rings. The van der Waals surface area contributed by atoms with Gasteiger partial charge in [0, 0.05) is 18.9 Å². The van der Waals surface area contributed by atoms with Crippen LogP contribution in [-0.4, -0.2) is 29.0 Å². The number of hydrogen-bond acceptors (Lipinski definition) is 3. The fourth-order valence-corrected chi connectivity index (χ4v) is 2.91. The lowest BCUT2D eigenvalue weighted by Gasteiger charge is -2.23. The van der Waals surface area contributed by atoms with Crippen LogP contribution in [0.4, 0.5) is 4.39 Å². The molecule has 110 valence electrons. The summed E-state index contributed by atoms with van der Waals surface area (Å²) in [7, 11) is -3.26. The van der Waals surface area contributed by atoms with Crippen molar-refractivity contribution >= 4 is 55.7 Å². The molecule has 1 aromatic heterocycles. The predicted octanol–water partition coefficient (Wildman–Crippen LogP) is 3.27. The largest absolute Gasteiger partial charge is 0.331 e. The number of fused-ring (bicyclic) bond motifs is 1. The van der Waals surface area contributed by atoms with E-state index in [0.717, 1.165) is 0 Å². The Balaban J connectivity index is 2.64. The number of benzene rings is 1. The van der Waals surface area contributed by atoms with Crippen LogP contribution < -0.4 is 0 Å². The van der Waals surface area contributed by atoms with Gasteiger partial charge in [-0.2, -0.15) is 0 Å². The molecular formula is C12H14FIN2O2S2. The summed E-state index contributed by atoms with van der Waals surface area (Å²) < 4.78 is 38.9. The average Bonchev–Trinajstić information content (AvgIpc) is 2.55. The topological polar surface area (TPSA) is 54.9 Å². The first-order valence-corrected chi connectivity index (χ1v) is 9.18. The van der Waals surface area contributed by atoms with Gasteiger partial charge in [-0.15, -0.1) is 0 Å². The van der Waals surface area contributed by atoms with Crippen LogP contribution in [0.3, 0.4) is 0 Å². The van der Waals surface area contributed by atoms with Crippen molar-refractivity contribution in [3.05, 3.63) is 26.3 Å². The Bertz CT molecular complexity index is 837. The van der Waals surface area contributed by atoms with Gasteiger partial charge in [0.15, 0.2) is 14.6 Å². The third kappa shape index (κ3) is 2.77. The molecule has 0 aliphatic carbocycles. The van der Waals surface area contributed by atoms with Crippen molar-refractivity contribution in [2.45, 2.75) is 25.1 Å². The zero-order valence-electron chi connectivity index (χ0n) is 11.2. The minimum atomic E-state index is -3.26. The zero-order valence-corrected chi connectivity index (χ0v) is 15.0. The summed E-state index contributed by atoms with van der Waals surface area (Å²) in [6.45, 7) is 3.43. The molecule has 0 aliphatic heterocycles. The standard InChI is InChI=1S/C12H14FIN2O2S2/c1-12(2,20(3,17)18)6-16-10-4-7(13)8(14)5-9(10)15-11(16)19/h4-5H,6H2,1-3H3,(H,15,19). The van der Waals surface area contributed by atoms with Crippen LogP contribution in [0.25, 0.3) is 11.0 Å². The number of nitrogens with one attached hydrogen (secondary N) is 1. The van der Waals surface area contributed by atoms with E-state index in [1.807, 2.05) is 22.6 Å². The summed E-state index contributed by atoms with van der Waals surface area (Å²) in [5.41, 5.74) is 1.27. The molecular weight excluding hydrogens is 414 g/mol. The van der Waals surface area contributed by atoms with Crippen LogP contribution in [0.2, 0.25) is 0 Å². The van der Waals surface area contributed by atoms with Gasteiger partial charge < -0.3 is 9.55 Å². The van der Waals surface area contributed by atoms with Gasteiger partial charge >= 0.3 is 0 Å². The van der Waals surface area contributed by atoms with E-state index >= 15 is 0 Å². The molecule has 0 amide bonds. The molecule has 0 saturated heterocycles. The van der Waals surface area contributed by atoms with Crippen molar-refractivity contribution in [3.8, 4) is 0 Å². The van der Waals surface area contributed by atoms with Gasteiger partial charge in [-0.3, -0.25) is 0 Å². The van der Waals surface area contributed by atoms with Crippen molar-refractivity contribution in [2.24, 2.45) is 0 Å². The second-order valence-corrected chi connectivity index (χ2v) is 9.53. The molecule has 0 spiro atoms. The fourth-order valence-electron chi connectivity index (χ4n) is 1.81. The number of imidazole rings is 1. The van der Waals surface area contributed by atoms with Gasteiger partial charge in [0.05, 0.1) is 19.4 Å². The molecule has 0 saturated carbocycles. The maximum atomic E-state index is 13.7. The summed E-state index contributed by atoms with van der Waals surface area (Å²) in [6, 6.07) is 3.03. The van der Waals surface area contributed by atoms with Gasteiger partial charge in [0.25, 0.3) is 0 Å². The SMILES string of the molecule is CC(C)(Cn1c(=S)[nH]c2cc(I)c(F)cc21)S(C)(=O)=O. The van der Waals surface area contributed by atoms with Gasteiger partial charge in [-0.1, -0.05) is 0 Å². The van der Waals surface area contributed by atoms with Crippen molar-refractivity contribution in [2.75, 3.05) is 6.26 Å². The number of H-pyrrole nitrogens is 1. The molecule has 20 heavy (non-hydrogen) atoms. The van der Waals surface area contributed by atoms with Crippen LogP contribution in [0.1, 0.15) is 13.8 Å². The minimum absolute atomic E-state index is 0.171. The van der Waals surface area contributed by atoms with Crippen LogP contribution >= 0.6 is 34.8 Å². The predicted molar refractivity (Wildman–Crippen MR) is 88.7 cm³/mol. The van der Waals surface area contributed by atoms with Gasteiger partial charge in [0.2, 0.25) is 0 Å². The maximum Gasteiger partial charge on any atom is 0.178 e. The Hall–Kier alpha value is -0.480. The fraction of sp³-hybridized carbons (Fsp3) is 0.417. The molecule has 2 rings (SSSR count). The number of sulfone groups is 1. The van der Waals surface area contributed by atoms with E-state index in [0.29, 0.717) is 19.4 Å². The molecule has 0 bridgehead atoms. The first kappa shape index (κ1) is 15.9. The summed E-state index contributed by atoms with van der Waals surface area (Å²) in [5.74, 6) is -0.349. The molecule has 0 fully saturated rings. The molecule has 1 aromatic carbocycles. The summed E-state index contributed by atoms with van der Waals surface area (Å²) in [5, 5.41) is 0. The molecule has 4 nitrogen and oxygen atoms in total. The molecule has 0 aliphatic rings. The highest BCUT2D eigenvalue weighted by atomic mass is 127. The van der Waals surface area contributed by atoms with Crippen LogP contribution in [0, 0.1) is 14.2 Å². The zero-order chi connectivity index (χ0) is 15.3. The quantitative estimate of drug-likeness (QED) is 0.603. The van der Waals surface area contributed by atoms with Crippen LogP contribution in [-0.2, 0) is 16.4 Å². The smallest absolute Gasteiger partial charge is 0.178 e. The summed E-state index contributed by atoms with van der Waals surface area (Å²) >= 11 is 7.12. The Morgan fingerprint density at radius 1 is 1.45 bits per heavy atom. The molecule has 8 heteroatoms. The third-order valence-electron chi connectivity index (χ3n) is 3.36. The highest BCUT2D eigenvalue weighted by Gasteiger charge is 2.31. The Morgan fingerprint density at radius 3 is 2.60 bits per heavy atom. The average molecular weight is 428 g/mol. The highest BCUT2D eigenvalue weighted by molar-refractivity contribution is 14.1. The molecule has 0 unspecified atom stereocenters. The number of nitrogens with zero attached hydrogens (tertiary/aromatic N) is 1. The van der Waals surface area contributed by atoms with Crippen molar-refractivity contribution < 1.29 is 12.8 Å². The Kier molecular flexibility index (Phi) is 4.02. The summed E-state index contributed by atoms with van der Waals surface area (Å²) in [6.07, 6.45) is 1.19. The van der Waals surface area contributed by atoms with E-state index in [9.17, 15) is 12.8 Å². The van der Waals surface area contributed by atoms with Crippen molar-refractivity contribution in [1.29, 1.82) is 0 Å². The number of aromatic amines is 1. The van der Waals surface area contributed by atoms with E-state index in [4.69, 9.17) is 12.2 Å². The number of hydrogen-bond donors (Lipinski definition) is 1. The lowest BCUT2D eigenvalue weighted by Crippen LogP contribution is -2.35. The number of rotatable bonds is 3. The highest BCUT2D eigenvalue weighted by Crippen LogP contribution is 2.24. The van der Waals surface area contributed by atoms with Gasteiger partial charge in [0.1, 0.15) is 5.82 Å². The third-order valence-corrected chi connectivity index (χ3v) is 6.64. The molecule has 1 N–H and O–H groups in total. The second-order valence-electron chi connectivity index (χ2n) is 5.33. The molecule has 0 radical (unpaired) electrons. The monoisotopic (exact) mass is 428 g/mol. The van der Waals surface area contributed by atoms with Crippen molar-refractivity contribution in [3.63, 3.8) is 0 Å². The van der Waals surface area contributed by atoms with Gasteiger partial charge in [-0.25, -0.2) is 12.8 Å². The molecule has 0 atom stereocenters. The normalized spacial score (nSPS) is 13.1. The van der Waals surface area contributed by atoms with E-state index < -0.39 is 14.6 Å². The molecule has 1 heterocycles. The van der Waals surface area contributed by atoms with E-state index in [1.165, 1.54) is 12.3 Å². The lowest BCUT2D eigenvalue weighted by atomic mass is 10.2. The Labute approximate surface area is 135 Å². The first-order chi connectivity index (χ1) is 9.03. The maximum absolute atomic E-state index is 13.7. The van der Waals surface area contributed by atoms with Crippen molar-refractivity contribution in [1.82, 2.24) is 9.55 Å². The number of aromatic nitrogens is 2. The lowest BCUT2D eigenvalue weighted by molar-refractivity contribution is 0.505. The van der Waals surface area contributed by atoms with Crippen LogP contribution in [0.5, 0.6) is 0 Å². The minimum Gasteiger partial charge on any atom is -0.331 e. The van der Waals surface area contributed by atoms with E-state index in [-0.39, 0.29) is 12.4 Å². The Morgan fingerprint density at radius 2 is 2.05 bits per heavy atom. The summed E-state index contributed by atoms with van der Waals surface area (Å²) in [4.78, 5) is 2.98. The first-order valence-electron chi connectivity index (χ1n) is 5.80.